The lowest BCUT2D eigenvalue weighted by molar-refractivity contribution is -0.136. The van der Waals surface area contributed by atoms with E-state index in [0.29, 0.717) is 12.2 Å². The van der Waals surface area contributed by atoms with E-state index in [4.69, 9.17) is 14.6 Å². The highest BCUT2D eigenvalue weighted by atomic mass is 16.5. The summed E-state index contributed by atoms with van der Waals surface area (Å²) in [5.41, 5.74) is 0.813. The Morgan fingerprint density at radius 3 is 2.72 bits per heavy atom. The average molecular weight is 448 g/mol. The molecule has 0 aliphatic carbocycles. The van der Waals surface area contributed by atoms with Crippen molar-refractivity contribution in [3.05, 3.63) is 29.3 Å². The van der Waals surface area contributed by atoms with E-state index in [-0.39, 0.29) is 43.8 Å². The molecule has 0 radical (unpaired) electrons. The maximum atomic E-state index is 13.0. The lowest BCUT2D eigenvalue weighted by Crippen LogP contribution is -2.54. The van der Waals surface area contributed by atoms with E-state index in [0.717, 1.165) is 4.90 Å². The van der Waals surface area contributed by atoms with Gasteiger partial charge < -0.3 is 19.9 Å². The molecule has 4 N–H and O–H groups in total. The standard InChI is InChI=1S/C20H24N4O8/c1-11(22-20(29)30)32-10-9-31-8-7-21-13-4-2-3-12-16(13)19(28)24(18(12)27)14-5-6-15(25)23-17(14)26/h2-4,11,14,21-22H,5-10H2,1H3,(H,29,30)(H,23,25,26). The molecule has 12 nitrogen and oxygen atoms in total. The molecular weight excluding hydrogens is 424 g/mol. The van der Waals surface area contributed by atoms with Crippen molar-refractivity contribution in [2.45, 2.75) is 32.0 Å². The lowest BCUT2D eigenvalue weighted by Gasteiger charge is -2.27. The summed E-state index contributed by atoms with van der Waals surface area (Å²) < 4.78 is 10.6. The van der Waals surface area contributed by atoms with Crippen LogP contribution in [0.25, 0.3) is 0 Å². The number of ether oxygens (including phenoxy) is 2. The van der Waals surface area contributed by atoms with Gasteiger partial charge in [-0.25, -0.2) is 4.79 Å². The van der Waals surface area contributed by atoms with Gasteiger partial charge in [0.25, 0.3) is 11.8 Å². The van der Waals surface area contributed by atoms with Crippen molar-refractivity contribution in [1.82, 2.24) is 15.5 Å². The second-order valence-corrected chi connectivity index (χ2v) is 7.18. The highest BCUT2D eigenvalue weighted by molar-refractivity contribution is 6.25. The van der Waals surface area contributed by atoms with E-state index in [2.05, 4.69) is 16.0 Å². The fourth-order valence-electron chi connectivity index (χ4n) is 3.52. The number of anilines is 1. The third-order valence-corrected chi connectivity index (χ3v) is 4.95. The largest absolute Gasteiger partial charge is 0.465 e. The van der Waals surface area contributed by atoms with Crippen LogP contribution in [0.5, 0.6) is 0 Å². The number of piperidine rings is 1. The predicted octanol–water partition coefficient (Wildman–Crippen LogP) is 0.147. The number of imide groups is 2. The zero-order chi connectivity index (χ0) is 23.3. The van der Waals surface area contributed by atoms with Crippen LogP contribution in [-0.4, -0.2) is 78.4 Å². The van der Waals surface area contributed by atoms with Gasteiger partial charge in [-0.2, -0.15) is 0 Å². The summed E-state index contributed by atoms with van der Waals surface area (Å²) >= 11 is 0. The number of fused-ring (bicyclic) bond motifs is 1. The van der Waals surface area contributed by atoms with Crippen molar-refractivity contribution in [3.63, 3.8) is 0 Å². The molecule has 1 aromatic rings. The van der Waals surface area contributed by atoms with E-state index < -0.39 is 42.0 Å². The normalized spacial score (nSPS) is 18.9. The van der Waals surface area contributed by atoms with Crippen molar-refractivity contribution >= 4 is 35.4 Å². The van der Waals surface area contributed by atoms with Crippen molar-refractivity contribution < 1.29 is 38.6 Å². The van der Waals surface area contributed by atoms with Crippen molar-refractivity contribution in [2.75, 3.05) is 31.7 Å². The predicted molar refractivity (Wildman–Crippen MR) is 109 cm³/mol. The van der Waals surface area contributed by atoms with Crippen molar-refractivity contribution in [3.8, 4) is 0 Å². The quantitative estimate of drug-likeness (QED) is 0.221. The maximum Gasteiger partial charge on any atom is 0.406 e. The van der Waals surface area contributed by atoms with Crippen LogP contribution in [0.2, 0.25) is 0 Å². The molecule has 2 heterocycles. The maximum absolute atomic E-state index is 13.0. The fraction of sp³-hybridized carbons (Fsp3) is 0.450. The van der Waals surface area contributed by atoms with Crippen molar-refractivity contribution in [1.29, 1.82) is 0 Å². The first-order valence-corrected chi connectivity index (χ1v) is 10.1. The highest BCUT2D eigenvalue weighted by Crippen LogP contribution is 2.32. The van der Waals surface area contributed by atoms with Gasteiger partial charge in [-0.05, 0) is 25.5 Å². The molecule has 2 aliphatic heterocycles. The van der Waals surface area contributed by atoms with Gasteiger partial charge in [0.2, 0.25) is 11.8 Å². The van der Waals surface area contributed by atoms with Gasteiger partial charge in [0, 0.05) is 18.7 Å². The number of amides is 5. The van der Waals surface area contributed by atoms with E-state index in [1.54, 1.807) is 19.1 Å². The summed E-state index contributed by atoms with van der Waals surface area (Å²) in [5, 5.41) is 15.9. The molecular formula is C20H24N4O8. The van der Waals surface area contributed by atoms with Gasteiger partial charge in [-0.3, -0.25) is 34.7 Å². The Bertz CT molecular complexity index is 934. The van der Waals surface area contributed by atoms with Gasteiger partial charge in [-0.15, -0.1) is 0 Å². The molecule has 172 valence electrons. The van der Waals surface area contributed by atoms with Crippen LogP contribution in [0, 0.1) is 0 Å². The lowest BCUT2D eigenvalue weighted by atomic mass is 10.0. The highest BCUT2D eigenvalue weighted by Gasteiger charge is 2.45. The number of nitrogens with zero attached hydrogens (tertiary/aromatic N) is 1. The van der Waals surface area contributed by atoms with E-state index in [1.165, 1.54) is 6.07 Å². The molecule has 2 atom stereocenters. The second-order valence-electron chi connectivity index (χ2n) is 7.18. The summed E-state index contributed by atoms with van der Waals surface area (Å²) in [5.74, 6) is -2.24. The van der Waals surface area contributed by atoms with Gasteiger partial charge in [0.05, 0.1) is 30.9 Å². The number of nitrogens with one attached hydrogen (secondary N) is 3. The smallest absolute Gasteiger partial charge is 0.406 e. The van der Waals surface area contributed by atoms with Gasteiger partial charge >= 0.3 is 6.09 Å². The molecule has 1 aromatic carbocycles. The Kier molecular flexibility index (Phi) is 7.38. The molecule has 0 spiro atoms. The first kappa shape index (κ1) is 23.2. The summed E-state index contributed by atoms with van der Waals surface area (Å²) in [6.45, 7) is 2.59. The molecule has 2 aliphatic rings. The molecule has 2 unspecified atom stereocenters. The number of carbonyl (C=O) groups is 5. The van der Waals surface area contributed by atoms with Crippen molar-refractivity contribution in [2.24, 2.45) is 0 Å². The fourth-order valence-corrected chi connectivity index (χ4v) is 3.52. The van der Waals surface area contributed by atoms with Crippen LogP contribution in [0.1, 0.15) is 40.5 Å². The van der Waals surface area contributed by atoms with Crippen LogP contribution in [0.15, 0.2) is 18.2 Å². The molecule has 1 fully saturated rings. The Morgan fingerprint density at radius 1 is 1.22 bits per heavy atom. The summed E-state index contributed by atoms with van der Waals surface area (Å²) in [6, 6.07) is 3.79. The SMILES string of the molecule is CC(NC(=O)O)OCCOCCNc1cccc2c1C(=O)N(C1CCC(=O)NC1=O)C2=O. The molecule has 0 aromatic heterocycles. The van der Waals surface area contributed by atoms with Gasteiger partial charge in [0.1, 0.15) is 12.3 Å². The van der Waals surface area contributed by atoms with Crippen LogP contribution in [0.4, 0.5) is 10.5 Å². The number of carbonyl (C=O) groups excluding carboxylic acids is 4. The number of carboxylic acid groups (broad SMARTS) is 1. The molecule has 1 saturated heterocycles. The summed E-state index contributed by atoms with van der Waals surface area (Å²) in [7, 11) is 0. The van der Waals surface area contributed by atoms with E-state index >= 15 is 0 Å². The minimum absolute atomic E-state index is 0.0567. The zero-order valence-corrected chi connectivity index (χ0v) is 17.4. The first-order chi connectivity index (χ1) is 15.3. The third-order valence-electron chi connectivity index (χ3n) is 4.95. The minimum Gasteiger partial charge on any atom is -0.465 e. The zero-order valence-electron chi connectivity index (χ0n) is 17.4. The molecule has 32 heavy (non-hydrogen) atoms. The molecule has 3 rings (SSSR count). The number of benzene rings is 1. The average Bonchev–Trinajstić information content (AvgIpc) is 2.98. The van der Waals surface area contributed by atoms with Crippen LogP contribution >= 0.6 is 0 Å². The van der Waals surface area contributed by atoms with E-state index in [9.17, 15) is 24.0 Å². The third kappa shape index (κ3) is 5.21. The number of hydrogen-bond donors (Lipinski definition) is 4. The first-order valence-electron chi connectivity index (χ1n) is 10.1. The number of rotatable bonds is 10. The Balaban J connectivity index is 1.52. The monoisotopic (exact) mass is 448 g/mol. The van der Waals surface area contributed by atoms with Gasteiger partial charge in [-0.1, -0.05) is 6.07 Å². The Morgan fingerprint density at radius 2 is 2.00 bits per heavy atom. The number of hydrogen-bond acceptors (Lipinski definition) is 8. The van der Waals surface area contributed by atoms with Crippen LogP contribution < -0.4 is 16.0 Å². The molecule has 12 heteroatoms. The Hall–Kier alpha value is -3.51. The minimum atomic E-state index is -1.18. The summed E-state index contributed by atoms with van der Waals surface area (Å²) in [6.07, 6.45) is -1.68. The van der Waals surface area contributed by atoms with Gasteiger partial charge in [0.15, 0.2) is 0 Å². The molecule has 0 bridgehead atoms. The molecule has 0 saturated carbocycles. The second kappa shape index (κ2) is 10.2. The summed E-state index contributed by atoms with van der Waals surface area (Å²) in [4.78, 5) is 60.7. The Labute approximate surface area is 183 Å². The topological polar surface area (TPSA) is 163 Å². The van der Waals surface area contributed by atoms with Crippen LogP contribution in [0.3, 0.4) is 0 Å². The molecule has 5 amide bonds. The van der Waals surface area contributed by atoms with Crippen LogP contribution in [-0.2, 0) is 19.1 Å². The van der Waals surface area contributed by atoms with E-state index in [1.807, 2.05) is 0 Å².